The quantitative estimate of drug-likeness (QED) is 0.605. The van der Waals surface area contributed by atoms with Gasteiger partial charge >= 0.3 is 0 Å². The van der Waals surface area contributed by atoms with Crippen LogP contribution in [-0.4, -0.2) is 30.9 Å². The highest BCUT2D eigenvalue weighted by atomic mass is 16.5. The third kappa shape index (κ3) is 3.53. The van der Waals surface area contributed by atoms with Crippen molar-refractivity contribution in [2.24, 2.45) is 0 Å². The molecule has 0 bridgehead atoms. The molecular weight excluding hydrogens is 384 g/mol. The van der Waals surface area contributed by atoms with Crippen molar-refractivity contribution in [2.45, 2.75) is 6.54 Å². The Morgan fingerprint density at radius 1 is 0.933 bits per heavy atom. The lowest BCUT2D eigenvalue weighted by Gasteiger charge is -2.15. The van der Waals surface area contributed by atoms with Crippen molar-refractivity contribution >= 4 is 23.1 Å². The second-order valence-corrected chi connectivity index (χ2v) is 6.58. The molecule has 0 atom stereocenters. The average Bonchev–Trinajstić information content (AvgIpc) is 3.37. The lowest BCUT2D eigenvalue weighted by atomic mass is 10.0. The van der Waals surface area contributed by atoms with Crippen molar-refractivity contribution in [1.82, 2.24) is 4.90 Å². The number of hydrogen-bond donors (Lipinski definition) is 1. The molecule has 2 heterocycles. The molecule has 7 nitrogen and oxygen atoms in total. The van der Waals surface area contributed by atoms with Crippen LogP contribution in [0, 0.1) is 0 Å². The summed E-state index contributed by atoms with van der Waals surface area (Å²) in [7, 11) is 3.08. The number of ether oxygens (including phenoxy) is 2. The van der Waals surface area contributed by atoms with Gasteiger partial charge in [0.25, 0.3) is 11.8 Å². The van der Waals surface area contributed by atoms with E-state index in [4.69, 9.17) is 13.9 Å². The molecule has 1 aliphatic rings. The number of nitrogens with one attached hydrogen (secondary N) is 1. The SMILES string of the molecule is COc1ccc(OC)c(NC2=C(c3ccccc3)C(=O)N(Cc3ccco3)C2=O)c1. The predicted molar refractivity (Wildman–Crippen MR) is 111 cm³/mol. The van der Waals surface area contributed by atoms with Crippen molar-refractivity contribution in [3.05, 3.63) is 83.9 Å². The molecule has 0 spiro atoms. The summed E-state index contributed by atoms with van der Waals surface area (Å²) in [4.78, 5) is 27.6. The van der Waals surface area contributed by atoms with Crippen LogP contribution in [0.3, 0.4) is 0 Å². The molecular formula is C23H20N2O5. The van der Waals surface area contributed by atoms with Gasteiger partial charge in [-0.25, -0.2) is 0 Å². The molecule has 0 saturated carbocycles. The zero-order valence-electron chi connectivity index (χ0n) is 16.5. The molecule has 152 valence electrons. The van der Waals surface area contributed by atoms with Crippen LogP contribution in [0.5, 0.6) is 11.5 Å². The summed E-state index contributed by atoms with van der Waals surface area (Å²) in [5.74, 6) is 0.779. The van der Waals surface area contributed by atoms with Crippen LogP contribution >= 0.6 is 0 Å². The van der Waals surface area contributed by atoms with Gasteiger partial charge in [-0.15, -0.1) is 0 Å². The predicted octanol–water partition coefficient (Wildman–Crippen LogP) is 3.69. The summed E-state index contributed by atoms with van der Waals surface area (Å²) in [6.07, 6.45) is 1.51. The van der Waals surface area contributed by atoms with Gasteiger partial charge in [-0.05, 0) is 29.8 Å². The molecule has 1 aliphatic heterocycles. The first-order chi connectivity index (χ1) is 14.6. The molecule has 0 aliphatic carbocycles. The van der Waals surface area contributed by atoms with Crippen LogP contribution in [0.25, 0.3) is 5.57 Å². The van der Waals surface area contributed by atoms with Gasteiger partial charge in [0.05, 0.1) is 38.3 Å². The Labute approximate surface area is 173 Å². The molecule has 2 amide bonds. The van der Waals surface area contributed by atoms with E-state index in [-0.39, 0.29) is 17.8 Å². The number of furan rings is 1. The second kappa shape index (κ2) is 8.16. The maximum absolute atomic E-state index is 13.3. The van der Waals surface area contributed by atoms with Crippen molar-refractivity contribution < 1.29 is 23.5 Å². The number of amides is 2. The highest BCUT2D eigenvalue weighted by Gasteiger charge is 2.39. The third-order valence-corrected chi connectivity index (χ3v) is 4.79. The molecule has 1 N–H and O–H groups in total. The van der Waals surface area contributed by atoms with E-state index in [2.05, 4.69) is 5.32 Å². The summed E-state index contributed by atoms with van der Waals surface area (Å²) in [5, 5.41) is 3.11. The lowest BCUT2D eigenvalue weighted by molar-refractivity contribution is -0.137. The minimum atomic E-state index is -0.444. The van der Waals surface area contributed by atoms with Crippen LogP contribution in [0.1, 0.15) is 11.3 Å². The maximum Gasteiger partial charge on any atom is 0.278 e. The summed E-state index contributed by atoms with van der Waals surface area (Å²) in [6, 6.07) is 17.7. The van der Waals surface area contributed by atoms with E-state index in [0.29, 0.717) is 28.5 Å². The number of methoxy groups -OCH3 is 2. The Morgan fingerprint density at radius 3 is 2.40 bits per heavy atom. The standard InChI is InChI=1S/C23H20N2O5/c1-28-16-10-11-19(29-2)18(13-16)24-21-20(15-7-4-3-5-8-15)22(26)25(23(21)27)14-17-9-6-12-30-17/h3-13,24H,14H2,1-2H3. The molecule has 30 heavy (non-hydrogen) atoms. The summed E-state index contributed by atoms with van der Waals surface area (Å²) < 4.78 is 16.0. The van der Waals surface area contributed by atoms with E-state index >= 15 is 0 Å². The normalized spacial score (nSPS) is 13.7. The molecule has 0 saturated heterocycles. The van der Waals surface area contributed by atoms with Gasteiger partial charge in [0, 0.05) is 6.07 Å². The van der Waals surface area contributed by atoms with Crippen LogP contribution in [0.4, 0.5) is 5.69 Å². The number of carbonyl (C=O) groups excluding carboxylic acids is 2. The van der Waals surface area contributed by atoms with Crippen molar-refractivity contribution in [2.75, 3.05) is 19.5 Å². The van der Waals surface area contributed by atoms with E-state index in [1.807, 2.05) is 18.2 Å². The zero-order valence-corrected chi connectivity index (χ0v) is 16.5. The molecule has 0 unspecified atom stereocenters. The first-order valence-electron chi connectivity index (χ1n) is 9.29. The fraction of sp³-hybridized carbons (Fsp3) is 0.130. The van der Waals surface area contributed by atoms with Gasteiger partial charge in [-0.1, -0.05) is 30.3 Å². The average molecular weight is 404 g/mol. The number of nitrogens with zero attached hydrogens (tertiary/aromatic N) is 1. The molecule has 7 heteroatoms. The van der Waals surface area contributed by atoms with Gasteiger partial charge in [0.15, 0.2) is 0 Å². The van der Waals surface area contributed by atoms with Crippen LogP contribution in [0.2, 0.25) is 0 Å². The number of benzene rings is 2. The topological polar surface area (TPSA) is 81.0 Å². The smallest absolute Gasteiger partial charge is 0.278 e. The number of hydrogen-bond acceptors (Lipinski definition) is 6. The monoisotopic (exact) mass is 404 g/mol. The largest absolute Gasteiger partial charge is 0.497 e. The van der Waals surface area contributed by atoms with Crippen LogP contribution in [0.15, 0.2) is 77.0 Å². The van der Waals surface area contributed by atoms with Crippen LogP contribution in [-0.2, 0) is 16.1 Å². The van der Waals surface area contributed by atoms with Crippen LogP contribution < -0.4 is 14.8 Å². The van der Waals surface area contributed by atoms with E-state index in [9.17, 15) is 9.59 Å². The van der Waals surface area contributed by atoms with Gasteiger partial charge in [0.1, 0.15) is 23.0 Å². The maximum atomic E-state index is 13.3. The van der Waals surface area contributed by atoms with Gasteiger partial charge in [-0.3, -0.25) is 14.5 Å². The van der Waals surface area contributed by atoms with E-state index in [1.165, 1.54) is 13.4 Å². The Morgan fingerprint density at radius 2 is 1.73 bits per heavy atom. The summed E-state index contributed by atoms with van der Waals surface area (Å²) in [5.41, 5.74) is 1.62. The Balaban J connectivity index is 1.78. The molecule has 3 aromatic rings. The fourth-order valence-corrected chi connectivity index (χ4v) is 3.31. The highest BCUT2D eigenvalue weighted by molar-refractivity contribution is 6.36. The molecule has 0 radical (unpaired) electrons. The first kappa shape index (κ1) is 19.3. The fourth-order valence-electron chi connectivity index (χ4n) is 3.31. The first-order valence-corrected chi connectivity index (χ1v) is 9.29. The summed E-state index contributed by atoms with van der Waals surface area (Å²) >= 11 is 0. The van der Waals surface area contributed by atoms with E-state index < -0.39 is 11.8 Å². The van der Waals surface area contributed by atoms with Gasteiger partial charge in [0.2, 0.25) is 0 Å². The number of anilines is 1. The lowest BCUT2D eigenvalue weighted by Crippen LogP contribution is -2.31. The van der Waals surface area contributed by atoms with Gasteiger partial charge in [-0.2, -0.15) is 0 Å². The van der Waals surface area contributed by atoms with Gasteiger partial charge < -0.3 is 19.2 Å². The van der Waals surface area contributed by atoms with E-state index in [1.54, 1.807) is 49.6 Å². The Hall–Kier alpha value is -4.00. The summed E-state index contributed by atoms with van der Waals surface area (Å²) in [6.45, 7) is 0.0431. The van der Waals surface area contributed by atoms with Crippen molar-refractivity contribution in [3.8, 4) is 11.5 Å². The number of imide groups is 1. The van der Waals surface area contributed by atoms with Crippen molar-refractivity contribution in [1.29, 1.82) is 0 Å². The minimum absolute atomic E-state index is 0.0431. The Kier molecular flexibility index (Phi) is 5.26. The number of carbonyl (C=O) groups is 2. The minimum Gasteiger partial charge on any atom is -0.497 e. The number of rotatable bonds is 7. The molecule has 1 aromatic heterocycles. The Bertz CT molecular complexity index is 1100. The van der Waals surface area contributed by atoms with E-state index in [0.717, 1.165) is 4.90 Å². The molecule has 2 aromatic carbocycles. The molecule has 0 fully saturated rings. The third-order valence-electron chi connectivity index (χ3n) is 4.79. The van der Waals surface area contributed by atoms with Crippen molar-refractivity contribution in [3.63, 3.8) is 0 Å². The second-order valence-electron chi connectivity index (χ2n) is 6.58. The zero-order chi connectivity index (χ0) is 21.1. The molecule has 4 rings (SSSR count). The highest BCUT2D eigenvalue weighted by Crippen LogP contribution is 2.35.